The highest BCUT2D eigenvalue weighted by molar-refractivity contribution is 8.14. The van der Waals surface area contributed by atoms with Crippen LogP contribution in [0.2, 0.25) is 0 Å². The van der Waals surface area contributed by atoms with E-state index >= 15 is 0 Å². The Morgan fingerprint density at radius 3 is 2.44 bits per heavy atom. The second-order valence-electron chi connectivity index (χ2n) is 4.99. The molecule has 1 saturated carbocycles. The SMILES string of the molecule is CCN(CC)C(=O)SC1CC(C)CCC1C. The van der Waals surface area contributed by atoms with Crippen molar-refractivity contribution in [2.45, 2.75) is 52.2 Å². The van der Waals surface area contributed by atoms with E-state index in [-0.39, 0.29) is 5.24 Å². The van der Waals surface area contributed by atoms with Gasteiger partial charge in [-0.3, -0.25) is 4.79 Å². The first kappa shape index (κ1) is 13.9. The Balaban J connectivity index is 2.48. The smallest absolute Gasteiger partial charge is 0.281 e. The Morgan fingerprint density at radius 2 is 1.88 bits per heavy atom. The van der Waals surface area contributed by atoms with Gasteiger partial charge in [0.1, 0.15) is 0 Å². The lowest BCUT2D eigenvalue weighted by atomic mass is 9.84. The maximum absolute atomic E-state index is 12.0. The summed E-state index contributed by atoms with van der Waals surface area (Å²) in [6, 6.07) is 0. The minimum Gasteiger partial charge on any atom is -0.334 e. The summed E-state index contributed by atoms with van der Waals surface area (Å²) in [6.07, 6.45) is 3.82. The maximum atomic E-state index is 12.0. The molecule has 0 aromatic carbocycles. The van der Waals surface area contributed by atoms with Crippen LogP contribution < -0.4 is 0 Å². The zero-order valence-electron chi connectivity index (χ0n) is 11.0. The fourth-order valence-corrected chi connectivity index (χ4v) is 3.79. The second-order valence-corrected chi connectivity index (χ2v) is 6.18. The Morgan fingerprint density at radius 1 is 1.25 bits per heavy atom. The second kappa shape index (κ2) is 6.53. The Hall–Kier alpha value is -0.180. The average molecular weight is 243 g/mol. The van der Waals surface area contributed by atoms with Crippen molar-refractivity contribution in [1.82, 2.24) is 4.90 Å². The third kappa shape index (κ3) is 3.69. The molecule has 1 amide bonds. The molecule has 1 aliphatic carbocycles. The van der Waals surface area contributed by atoms with Gasteiger partial charge in [0, 0.05) is 18.3 Å². The molecule has 0 N–H and O–H groups in total. The van der Waals surface area contributed by atoms with Gasteiger partial charge in [0.25, 0.3) is 5.24 Å². The lowest BCUT2D eigenvalue weighted by molar-refractivity contribution is 0.227. The molecule has 0 saturated heterocycles. The summed E-state index contributed by atoms with van der Waals surface area (Å²) < 4.78 is 0. The molecule has 16 heavy (non-hydrogen) atoms. The van der Waals surface area contributed by atoms with Crippen molar-refractivity contribution in [2.24, 2.45) is 11.8 Å². The summed E-state index contributed by atoms with van der Waals surface area (Å²) in [5.74, 6) is 1.49. The molecule has 1 aliphatic rings. The first-order valence-corrected chi connectivity index (χ1v) is 7.41. The summed E-state index contributed by atoms with van der Waals surface area (Å²) in [4.78, 5) is 13.9. The fraction of sp³-hybridized carbons (Fsp3) is 0.923. The average Bonchev–Trinajstić information content (AvgIpc) is 2.25. The third-order valence-corrected chi connectivity index (χ3v) is 5.08. The van der Waals surface area contributed by atoms with Crippen molar-refractivity contribution in [3.63, 3.8) is 0 Å². The molecular weight excluding hydrogens is 218 g/mol. The van der Waals surface area contributed by atoms with Crippen LogP contribution in [-0.4, -0.2) is 28.5 Å². The van der Waals surface area contributed by atoms with Crippen molar-refractivity contribution in [1.29, 1.82) is 0 Å². The van der Waals surface area contributed by atoms with Crippen LogP contribution >= 0.6 is 11.8 Å². The Kier molecular flexibility index (Phi) is 5.67. The highest BCUT2D eigenvalue weighted by Gasteiger charge is 2.28. The van der Waals surface area contributed by atoms with Crippen molar-refractivity contribution < 1.29 is 4.79 Å². The minimum atomic E-state index is 0.274. The molecule has 94 valence electrons. The van der Waals surface area contributed by atoms with Gasteiger partial charge in [-0.05, 0) is 38.5 Å². The lowest BCUT2D eigenvalue weighted by Gasteiger charge is -2.32. The van der Waals surface area contributed by atoms with Gasteiger partial charge in [0.05, 0.1) is 0 Å². The van der Waals surface area contributed by atoms with Crippen LogP contribution in [0.25, 0.3) is 0 Å². The monoisotopic (exact) mass is 243 g/mol. The molecule has 0 aromatic heterocycles. The maximum Gasteiger partial charge on any atom is 0.281 e. The summed E-state index contributed by atoms with van der Waals surface area (Å²) in [5, 5.41) is 0.813. The van der Waals surface area contributed by atoms with E-state index in [0.717, 1.165) is 19.0 Å². The van der Waals surface area contributed by atoms with Crippen LogP contribution in [0, 0.1) is 11.8 Å². The molecule has 3 atom stereocenters. The van der Waals surface area contributed by atoms with E-state index in [9.17, 15) is 4.79 Å². The van der Waals surface area contributed by atoms with Crippen LogP contribution in [0.4, 0.5) is 4.79 Å². The highest BCUT2D eigenvalue weighted by atomic mass is 32.2. The minimum absolute atomic E-state index is 0.274. The fourth-order valence-electron chi connectivity index (χ4n) is 2.33. The molecule has 3 heteroatoms. The molecule has 3 unspecified atom stereocenters. The topological polar surface area (TPSA) is 20.3 Å². The molecule has 0 radical (unpaired) electrons. The number of hydrogen-bond donors (Lipinski definition) is 0. The number of rotatable bonds is 3. The van der Waals surface area contributed by atoms with Crippen molar-refractivity contribution in [3.05, 3.63) is 0 Å². The molecule has 0 aliphatic heterocycles. The van der Waals surface area contributed by atoms with Gasteiger partial charge >= 0.3 is 0 Å². The zero-order valence-corrected chi connectivity index (χ0v) is 11.8. The number of nitrogens with zero attached hydrogens (tertiary/aromatic N) is 1. The number of amides is 1. The summed E-state index contributed by atoms with van der Waals surface area (Å²) in [7, 11) is 0. The van der Waals surface area contributed by atoms with Crippen LogP contribution in [0.1, 0.15) is 47.0 Å². The van der Waals surface area contributed by atoms with Crippen LogP contribution in [0.3, 0.4) is 0 Å². The zero-order chi connectivity index (χ0) is 12.1. The first-order chi connectivity index (χ1) is 7.58. The van der Waals surface area contributed by atoms with Crippen LogP contribution in [0.5, 0.6) is 0 Å². The third-order valence-electron chi connectivity index (χ3n) is 3.66. The number of carbonyl (C=O) groups is 1. The van der Waals surface area contributed by atoms with E-state index in [2.05, 4.69) is 27.7 Å². The van der Waals surface area contributed by atoms with Gasteiger partial charge < -0.3 is 4.90 Å². The molecule has 0 aromatic rings. The van der Waals surface area contributed by atoms with Gasteiger partial charge in [-0.25, -0.2) is 0 Å². The first-order valence-electron chi connectivity index (χ1n) is 6.54. The molecular formula is C13H25NOS. The van der Waals surface area contributed by atoms with Crippen LogP contribution in [0.15, 0.2) is 0 Å². The molecule has 0 heterocycles. The number of thioether (sulfide) groups is 1. The molecule has 1 rings (SSSR count). The summed E-state index contributed by atoms with van der Waals surface area (Å²) in [6.45, 7) is 10.4. The number of hydrogen-bond acceptors (Lipinski definition) is 2. The standard InChI is InChI=1S/C13H25NOS/c1-5-14(6-2)13(15)16-12-9-10(3)7-8-11(12)4/h10-12H,5-9H2,1-4H3. The number of carbonyl (C=O) groups excluding carboxylic acids is 1. The van der Waals surface area contributed by atoms with E-state index in [1.165, 1.54) is 19.3 Å². The summed E-state index contributed by atoms with van der Waals surface area (Å²) >= 11 is 1.58. The Bertz CT molecular complexity index is 228. The highest BCUT2D eigenvalue weighted by Crippen LogP contribution is 2.37. The molecule has 0 spiro atoms. The van der Waals surface area contributed by atoms with E-state index in [0.29, 0.717) is 11.2 Å². The quantitative estimate of drug-likeness (QED) is 0.746. The van der Waals surface area contributed by atoms with E-state index in [1.54, 1.807) is 11.8 Å². The molecule has 1 fully saturated rings. The van der Waals surface area contributed by atoms with Crippen LogP contribution in [-0.2, 0) is 0 Å². The van der Waals surface area contributed by atoms with Crippen molar-refractivity contribution >= 4 is 17.0 Å². The van der Waals surface area contributed by atoms with Gasteiger partial charge in [-0.15, -0.1) is 0 Å². The van der Waals surface area contributed by atoms with E-state index < -0.39 is 0 Å². The predicted octanol–water partition coefficient (Wildman–Crippen LogP) is 4.01. The normalized spacial score (nSPS) is 30.1. The van der Waals surface area contributed by atoms with Crippen molar-refractivity contribution in [2.75, 3.05) is 13.1 Å². The van der Waals surface area contributed by atoms with Gasteiger partial charge in [0.15, 0.2) is 0 Å². The van der Waals surface area contributed by atoms with Gasteiger partial charge in [-0.1, -0.05) is 32.0 Å². The van der Waals surface area contributed by atoms with E-state index in [4.69, 9.17) is 0 Å². The van der Waals surface area contributed by atoms with Gasteiger partial charge in [-0.2, -0.15) is 0 Å². The largest absolute Gasteiger partial charge is 0.334 e. The van der Waals surface area contributed by atoms with E-state index in [1.807, 2.05) is 4.90 Å². The molecule has 0 bridgehead atoms. The predicted molar refractivity (Wildman–Crippen MR) is 71.9 cm³/mol. The van der Waals surface area contributed by atoms with Crippen molar-refractivity contribution in [3.8, 4) is 0 Å². The summed E-state index contributed by atoms with van der Waals surface area (Å²) in [5.41, 5.74) is 0. The lowest BCUT2D eigenvalue weighted by Crippen LogP contribution is -2.32. The van der Waals surface area contributed by atoms with Gasteiger partial charge in [0.2, 0.25) is 0 Å². The molecule has 2 nitrogen and oxygen atoms in total. The Labute approximate surface area is 104 Å².